The van der Waals surface area contributed by atoms with Crippen LogP contribution in [0.4, 0.5) is 0 Å². The van der Waals surface area contributed by atoms with Crippen molar-refractivity contribution in [1.82, 2.24) is 0 Å². The van der Waals surface area contributed by atoms with Crippen LogP contribution in [0.3, 0.4) is 0 Å². The number of carboxylic acids is 1. The Morgan fingerprint density at radius 3 is 3.12 bits per heavy atom. The van der Waals surface area contributed by atoms with E-state index < -0.39 is 5.97 Å². The minimum Gasteiger partial charge on any atom is -0.481 e. The van der Waals surface area contributed by atoms with Crippen molar-refractivity contribution in [3.63, 3.8) is 0 Å². The fraction of sp³-hybridized carbons (Fsp3) is 0.500. The highest BCUT2D eigenvalue weighted by Gasteiger charge is 2.20. The van der Waals surface area contributed by atoms with Gasteiger partial charge >= 0.3 is 5.97 Å². The SMILES string of the molecule is Cc1ccc2c(c1)C(SCCC(=O)O)CCC2. The molecule has 0 amide bonds. The number of fused-ring (bicyclic) bond motifs is 1. The van der Waals surface area contributed by atoms with Crippen molar-refractivity contribution < 1.29 is 9.90 Å². The first-order valence-corrected chi connectivity index (χ1v) is 7.14. The first kappa shape index (κ1) is 12.5. The van der Waals surface area contributed by atoms with Crippen LogP contribution in [0, 0.1) is 6.92 Å². The third kappa shape index (κ3) is 3.25. The summed E-state index contributed by atoms with van der Waals surface area (Å²) < 4.78 is 0. The van der Waals surface area contributed by atoms with Crippen molar-refractivity contribution in [2.75, 3.05) is 5.75 Å². The van der Waals surface area contributed by atoms with Gasteiger partial charge in [0.2, 0.25) is 0 Å². The van der Waals surface area contributed by atoms with Gasteiger partial charge in [-0.1, -0.05) is 23.8 Å². The molecular formula is C14H18O2S. The molecule has 1 aromatic carbocycles. The van der Waals surface area contributed by atoms with Gasteiger partial charge in [0.15, 0.2) is 0 Å². The van der Waals surface area contributed by atoms with Crippen molar-refractivity contribution in [2.45, 2.75) is 37.9 Å². The molecule has 0 aliphatic heterocycles. The van der Waals surface area contributed by atoms with Gasteiger partial charge in [-0.05, 0) is 37.3 Å². The summed E-state index contributed by atoms with van der Waals surface area (Å²) in [4.78, 5) is 10.5. The summed E-state index contributed by atoms with van der Waals surface area (Å²) in [6.07, 6.45) is 3.84. The Kier molecular flexibility index (Phi) is 4.11. The summed E-state index contributed by atoms with van der Waals surface area (Å²) in [6, 6.07) is 6.67. The number of rotatable bonds is 4. The molecule has 2 rings (SSSR count). The molecule has 1 aromatic rings. The van der Waals surface area contributed by atoms with Gasteiger partial charge in [-0.2, -0.15) is 11.8 Å². The first-order chi connectivity index (χ1) is 8.16. The Labute approximate surface area is 106 Å². The number of aryl methyl sites for hydroxylation is 2. The zero-order chi connectivity index (χ0) is 12.3. The summed E-state index contributed by atoms with van der Waals surface area (Å²) in [5.41, 5.74) is 4.19. The lowest BCUT2D eigenvalue weighted by atomic mass is 9.90. The standard InChI is InChI=1S/C14H18O2S/c1-10-5-6-11-3-2-4-13(12(11)9-10)17-8-7-14(15)16/h5-6,9,13H,2-4,7-8H2,1H3,(H,15,16). The van der Waals surface area contributed by atoms with Crippen molar-refractivity contribution >= 4 is 17.7 Å². The van der Waals surface area contributed by atoms with Crippen molar-refractivity contribution in [3.05, 3.63) is 34.9 Å². The molecule has 1 aliphatic carbocycles. The molecule has 92 valence electrons. The lowest BCUT2D eigenvalue weighted by molar-refractivity contribution is -0.136. The van der Waals surface area contributed by atoms with Crippen LogP contribution in [-0.4, -0.2) is 16.8 Å². The van der Waals surface area contributed by atoms with Crippen LogP contribution >= 0.6 is 11.8 Å². The maximum atomic E-state index is 10.5. The topological polar surface area (TPSA) is 37.3 Å². The van der Waals surface area contributed by atoms with Crippen LogP contribution in [0.5, 0.6) is 0 Å². The maximum absolute atomic E-state index is 10.5. The second-order valence-electron chi connectivity index (χ2n) is 4.60. The van der Waals surface area contributed by atoms with Gasteiger partial charge in [0.25, 0.3) is 0 Å². The molecule has 1 unspecified atom stereocenters. The van der Waals surface area contributed by atoms with Crippen LogP contribution in [-0.2, 0) is 11.2 Å². The zero-order valence-electron chi connectivity index (χ0n) is 10.1. The highest BCUT2D eigenvalue weighted by atomic mass is 32.2. The van der Waals surface area contributed by atoms with Crippen LogP contribution in [0.15, 0.2) is 18.2 Å². The van der Waals surface area contributed by atoms with E-state index in [9.17, 15) is 4.79 Å². The van der Waals surface area contributed by atoms with Gasteiger partial charge in [0.05, 0.1) is 6.42 Å². The summed E-state index contributed by atoms with van der Waals surface area (Å²) in [6.45, 7) is 2.12. The van der Waals surface area contributed by atoms with Crippen molar-refractivity contribution in [3.8, 4) is 0 Å². The molecule has 0 heterocycles. The van der Waals surface area contributed by atoms with Gasteiger partial charge < -0.3 is 5.11 Å². The Bertz CT molecular complexity index is 415. The van der Waals surface area contributed by atoms with E-state index in [4.69, 9.17) is 5.11 Å². The largest absolute Gasteiger partial charge is 0.481 e. The van der Waals surface area contributed by atoms with Crippen LogP contribution in [0.1, 0.15) is 41.2 Å². The van der Waals surface area contributed by atoms with Gasteiger partial charge in [-0.25, -0.2) is 0 Å². The van der Waals surface area contributed by atoms with Gasteiger partial charge in [0.1, 0.15) is 0 Å². The molecule has 17 heavy (non-hydrogen) atoms. The van der Waals surface area contributed by atoms with E-state index in [1.165, 1.54) is 36.0 Å². The summed E-state index contributed by atoms with van der Waals surface area (Å²) in [7, 11) is 0. The molecule has 0 aromatic heterocycles. The molecule has 1 aliphatic rings. The average Bonchev–Trinajstić information content (AvgIpc) is 2.29. The number of carboxylic acid groups (broad SMARTS) is 1. The highest BCUT2D eigenvalue weighted by molar-refractivity contribution is 7.99. The normalized spacial score (nSPS) is 18.8. The number of benzene rings is 1. The van der Waals surface area contributed by atoms with Crippen molar-refractivity contribution in [1.29, 1.82) is 0 Å². The molecule has 0 saturated carbocycles. The van der Waals surface area contributed by atoms with Gasteiger partial charge in [-0.15, -0.1) is 0 Å². The predicted octanol–water partition coefficient (Wildman–Crippen LogP) is 3.58. The van der Waals surface area contributed by atoms with E-state index in [1.807, 2.05) is 0 Å². The Morgan fingerprint density at radius 2 is 2.35 bits per heavy atom. The number of aliphatic carboxylic acids is 1. The molecule has 0 saturated heterocycles. The summed E-state index contributed by atoms with van der Waals surface area (Å²) >= 11 is 1.80. The predicted molar refractivity (Wildman–Crippen MR) is 71.6 cm³/mol. The second kappa shape index (κ2) is 5.58. The minimum absolute atomic E-state index is 0.266. The van der Waals surface area contributed by atoms with Crippen LogP contribution in [0.2, 0.25) is 0 Å². The Balaban J connectivity index is 2.05. The molecule has 1 N–H and O–H groups in total. The fourth-order valence-electron chi connectivity index (χ4n) is 2.34. The average molecular weight is 250 g/mol. The Hall–Kier alpha value is -0.960. The lowest BCUT2D eigenvalue weighted by Crippen LogP contribution is -2.08. The molecule has 1 atom stereocenters. The highest BCUT2D eigenvalue weighted by Crippen LogP contribution is 2.40. The van der Waals surface area contributed by atoms with E-state index in [2.05, 4.69) is 25.1 Å². The van der Waals surface area contributed by atoms with E-state index in [1.54, 1.807) is 11.8 Å². The Morgan fingerprint density at radius 1 is 1.53 bits per heavy atom. The minimum atomic E-state index is -0.697. The van der Waals surface area contributed by atoms with E-state index in [0.29, 0.717) is 11.0 Å². The summed E-state index contributed by atoms with van der Waals surface area (Å²) in [5.74, 6) is 0.0192. The van der Waals surface area contributed by atoms with Gasteiger partial charge in [0, 0.05) is 11.0 Å². The number of thioether (sulfide) groups is 1. The molecule has 3 heteroatoms. The first-order valence-electron chi connectivity index (χ1n) is 6.09. The molecule has 0 fully saturated rings. The number of hydrogen-bond acceptors (Lipinski definition) is 2. The summed E-state index contributed by atoms with van der Waals surface area (Å²) in [5, 5.41) is 9.17. The lowest BCUT2D eigenvalue weighted by Gasteiger charge is -2.25. The zero-order valence-corrected chi connectivity index (χ0v) is 10.9. The molecular weight excluding hydrogens is 232 g/mol. The van der Waals surface area contributed by atoms with E-state index in [-0.39, 0.29) is 6.42 Å². The molecule has 2 nitrogen and oxygen atoms in total. The fourth-order valence-corrected chi connectivity index (χ4v) is 3.65. The van der Waals surface area contributed by atoms with Crippen LogP contribution in [0.25, 0.3) is 0 Å². The quantitative estimate of drug-likeness (QED) is 0.887. The molecule has 0 bridgehead atoms. The smallest absolute Gasteiger partial charge is 0.304 e. The number of carbonyl (C=O) groups is 1. The van der Waals surface area contributed by atoms with E-state index >= 15 is 0 Å². The molecule has 0 radical (unpaired) electrons. The van der Waals surface area contributed by atoms with Gasteiger partial charge in [-0.3, -0.25) is 4.79 Å². The second-order valence-corrected chi connectivity index (χ2v) is 5.91. The monoisotopic (exact) mass is 250 g/mol. The molecule has 0 spiro atoms. The van der Waals surface area contributed by atoms with Crippen LogP contribution < -0.4 is 0 Å². The third-order valence-corrected chi connectivity index (χ3v) is 4.53. The van der Waals surface area contributed by atoms with E-state index in [0.717, 1.165) is 0 Å². The third-order valence-electron chi connectivity index (χ3n) is 3.20. The maximum Gasteiger partial charge on any atom is 0.304 e. The van der Waals surface area contributed by atoms with Crippen molar-refractivity contribution in [2.24, 2.45) is 0 Å². The number of hydrogen-bond donors (Lipinski definition) is 1.